The first kappa shape index (κ1) is 14.1. The van der Waals surface area contributed by atoms with E-state index in [-0.39, 0.29) is 5.41 Å². The molecule has 0 saturated heterocycles. The van der Waals surface area contributed by atoms with E-state index < -0.39 is 0 Å². The second kappa shape index (κ2) is 5.49. The van der Waals surface area contributed by atoms with E-state index in [2.05, 4.69) is 36.0 Å². The number of aromatic nitrogens is 2. The first-order valence-corrected chi connectivity index (χ1v) is 8.61. The molecule has 1 aliphatic carbocycles. The molecule has 3 nitrogen and oxygen atoms in total. The lowest BCUT2D eigenvalue weighted by molar-refractivity contribution is 0.131. The van der Waals surface area contributed by atoms with Crippen LogP contribution in [-0.2, 0) is 6.42 Å². The molecule has 0 bridgehead atoms. The van der Waals surface area contributed by atoms with Crippen molar-refractivity contribution in [1.82, 2.24) is 9.38 Å². The summed E-state index contributed by atoms with van der Waals surface area (Å²) in [6.07, 6.45) is 10.5. The molecule has 1 saturated carbocycles. The largest absolute Gasteiger partial charge is 0.330 e. The first-order valence-electron chi connectivity index (χ1n) is 7.73. The predicted molar refractivity (Wildman–Crippen MR) is 85.1 cm³/mol. The third-order valence-corrected chi connectivity index (χ3v) is 5.94. The summed E-state index contributed by atoms with van der Waals surface area (Å²) in [4.78, 5) is 5.84. The van der Waals surface area contributed by atoms with Crippen molar-refractivity contribution >= 4 is 16.3 Å². The minimum absolute atomic E-state index is 0.287. The fourth-order valence-electron chi connectivity index (χ4n) is 3.62. The molecule has 2 aromatic rings. The molecule has 0 amide bonds. The zero-order valence-corrected chi connectivity index (χ0v) is 13.3. The number of thiazole rings is 1. The predicted octanol–water partition coefficient (Wildman–Crippen LogP) is 3.73. The number of nitrogens with zero attached hydrogens (tertiary/aromatic N) is 2. The topological polar surface area (TPSA) is 43.3 Å². The summed E-state index contributed by atoms with van der Waals surface area (Å²) >= 11 is 1.70. The van der Waals surface area contributed by atoms with Crippen LogP contribution in [0.5, 0.6) is 0 Å². The lowest BCUT2D eigenvalue weighted by Gasteiger charge is -2.40. The van der Waals surface area contributed by atoms with Gasteiger partial charge in [-0.15, -0.1) is 11.3 Å². The Labute approximate surface area is 125 Å². The van der Waals surface area contributed by atoms with Crippen LogP contribution in [0.2, 0.25) is 0 Å². The molecule has 0 aromatic carbocycles. The Balaban J connectivity index is 1.72. The van der Waals surface area contributed by atoms with Gasteiger partial charge in [0.15, 0.2) is 4.96 Å². The van der Waals surface area contributed by atoms with Crippen molar-refractivity contribution in [2.45, 2.75) is 46.0 Å². The molecule has 0 radical (unpaired) electrons. The summed E-state index contributed by atoms with van der Waals surface area (Å²) in [5, 5.41) is 2.08. The molecule has 110 valence electrons. The average Bonchev–Trinajstić information content (AvgIpc) is 3.00. The van der Waals surface area contributed by atoms with E-state index in [1.807, 2.05) is 0 Å². The molecular formula is C16H25N3S. The fraction of sp³-hybridized carbons (Fsp3) is 0.688. The molecular weight excluding hydrogens is 266 g/mol. The lowest BCUT2D eigenvalue weighted by Crippen LogP contribution is -2.37. The van der Waals surface area contributed by atoms with Crippen LogP contribution < -0.4 is 5.73 Å². The highest BCUT2D eigenvalue weighted by Gasteiger charge is 2.35. The van der Waals surface area contributed by atoms with Crippen molar-refractivity contribution < 1.29 is 0 Å². The van der Waals surface area contributed by atoms with E-state index in [0.717, 1.165) is 29.8 Å². The van der Waals surface area contributed by atoms with Crippen molar-refractivity contribution in [2.75, 3.05) is 6.54 Å². The number of rotatable bonds is 4. The standard InChI is InChI=1S/C16H25N3S/c1-12(2)13-3-5-16(11-17,6-4-13)9-14-10-19-7-8-20-15(19)18-14/h7-8,10,12-13H,3-6,9,11,17H2,1-2H3. The highest BCUT2D eigenvalue weighted by atomic mass is 32.1. The summed E-state index contributed by atoms with van der Waals surface area (Å²) in [6, 6.07) is 0. The molecule has 4 heteroatoms. The van der Waals surface area contributed by atoms with Gasteiger partial charge >= 0.3 is 0 Å². The van der Waals surface area contributed by atoms with Gasteiger partial charge in [0.25, 0.3) is 0 Å². The fourth-order valence-corrected chi connectivity index (χ4v) is 4.34. The van der Waals surface area contributed by atoms with Crippen LogP contribution in [0, 0.1) is 17.3 Å². The van der Waals surface area contributed by atoms with Crippen LogP contribution in [0.3, 0.4) is 0 Å². The highest BCUT2D eigenvalue weighted by molar-refractivity contribution is 7.15. The SMILES string of the molecule is CC(C)C1CCC(CN)(Cc2cn3ccsc3n2)CC1. The molecule has 1 aliphatic rings. The Morgan fingerprint density at radius 1 is 1.45 bits per heavy atom. The maximum absolute atomic E-state index is 6.15. The molecule has 3 rings (SSSR count). The Morgan fingerprint density at radius 3 is 2.80 bits per heavy atom. The van der Waals surface area contributed by atoms with Crippen LogP contribution in [-0.4, -0.2) is 15.9 Å². The Morgan fingerprint density at radius 2 is 2.20 bits per heavy atom. The van der Waals surface area contributed by atoms with Crippen molar-refractivity contribution in [1.29, 1.82) is 0 Å². The molecule has 2 heterocycles. The second-order valence-corrected chi connectivity index (χ2v) is 7.66. The quantitative estimate of drug-likeness (QED) is 0.932. The van der Waals surface area contributed by atoms with Crippen molar-refractivity contribution in [2.24, 2.45) is 23.0 Å². The summed E-state index contributed by atoms with van der Waals surface area (Å²) in [5.74, 6) is 1.70. The van der Waals surface area contributed by atoms with Gasteiger partial charge < -0.3 is 5.73 Å². The van der Waals surface area contributed by atoms with Gasteiger partial charge in [-0.3, -0.25) is 4.40 Å². The molecule has 2 aromatic heterocycles. The molecule has 0 atom stereocenters. The first-order chi connectivity index (χ1) is 9.62. The van der Waals surface area contributed by atoms with Gasteiger partial charge in [0.2, 0.25) is 0 Å². The summed E-state index contributed by atoms with van der Waals surface area (Å²) < 4.78 is 2.13. The Kier molecular flexibility index (Phi) is 3.87. The van der Waals surface area contributed by atoms with Gasteiger partial charge in [-0.05, 0) is 55.9 Å². The van der Waals surface area contributed by atoms with Gasteiger partial charge in [0.1, 0.15) is 0 Å². The summed E-state index contributed by atoms with van der Waals surface area (Å²) in [6.45, 7) is 5.50. The monoisotopic (exact) mass is 291 g/mol. The van der Waals surface area contributed by atoms with Gasteiger partial charge in [0, 0.05) is 17.8 Å². The molecule has 20 heavy (non-hydrogen) atoms. The van der Waals surface area contributed by atoms with Crippen LogP contribution in [0.25, 0.3) is 4.96 Å². The summed E-state index contributed by atoms with van der Waals surface area (Å²) in [5.41, 5.74) is 7.65. The van der Waals surface area contributed by atoms with Gasteiger partial charge in [0.05, 0.1) is 5.69 Å². The molecule has 0 aliphatic heterocycles. The molecule has 0 spiro atoms. The van der Waals surface area contributed by atoms with Crippen LogP contribution in [0.4, 0.5) is 0 Å². The third kappa shape index (κ3) is 2.63. The maximum Gasteiger partial charge on any atom is 0.193 e. The number of fused-ring (bicyclic) bond motifs is 1. The van der Waals surface area contributed by atoms with E-state index in [1.165, 1.54) is 31.4 Å². The Bertz CT molecular complexity index is 533. The van der Waals surface area contributed by atoms with E-state index in [0.29, 0.717) is 0 Å². The molecule has 1 fully saturated rings. The van der Waals surface area contributed by atoms with Crippen LogP contribution in [0.15, 0.2) is 17.8 Å². The minimum Gasteiger partial charge on any atom is -0.330 e. The maximum atomic E-state index is 6.15. The van der Waals surface area contributed by atoms with Crippen molar-refractivity contribution in [3.63, 3.8) is 0 Å². The van der Waals surface area contributed by atoms with Gasteiger partial charge in [-0.2, -0.15) is 0 Å². The number of nitrogens with two attached hydrogens (primary N) is 1. The van der Waals surface area contributed by atoms with E-state index in [9.17, 15) is 0 Å². The number of hydrogen-bond donors (Lipinski definition) is 1. The number of imidazole rings is 1. The van der Waals surface area contributed by atoms with Gasteiger partial charge in [-0.25, -0.2) is 4.98 Å². The van der Waals surface area contributed by atoms with E-state index in [4.69, 9.17) is 10.7 Å². The van der Waals surface area contributed by atoms with Crippen molar-refractivity contribution in [3.05, 3.63) is 23.5 Å². The zero-order chi connectivity index (χ0) is 14.2. The highest BCUT2D eigenvalue weighted by Crippen LogP contribution is 2.42. The zero-order valence-electron chi connectivity index (χ0n) is 12.5. The van der Waals surface area contributed by atoms with Crippen molar-refractivity contribution in [3.8, 4) is 0 Å². The van der Waals surface area contributed by atoms with Crippen LogP contribution >= 0.6 is 11.3 Å². The smallest absolute Gasteiger partial charge is 0.193 e. The minimum atomic E-state index is 0.287. The Hall–Kier alpha value is -0.870. The average molecular weight is 291 g/mol. The normalized spacial score (nSPS) is 27.5. The summed E-state index contributed by atoms with van der Waals surface area (Å²) in [7, 11) is 0. The van der Waals surface area contributed by atoms with E-state index >= 15 is 0 Å². The second-order valence-electron chi connectivity index (χ2n) is 6.79. The number of hydrogen-bond acceptors (Lipinski definition) is 3. The lowest BCUT2D eigenvalue weighted by atomic mass is 9.66. The van der Waals surface area contributed by atoms with Crippen LogP contribution in [0.1, 0.15) is 45.2 Å². The van der Waals surface area contributed by atoms with Gasteiger partial charge in [-0.1, -0.05) is 13.8 Å². The molecule has 0 unspecified atom stereocenters. The van der Waals surface area contributed by atoms with E-state index in [1.54, 1.807) is 11.3 Å². The third-order valence-electron chi connectivity index (χ3n) is 5.17. The molecule has 2 N–H and O–H groups in total.